The van der Waals surface area contributed by atoms with Crippen LogP contribution in [0.1, 0.15) is 11.3 Å². The number of rotatable bonds is 8. The minimum atomic E-state index is -0.834. The van der Waals surface area contributed by atoms with Gasteiger partial charge in [0.15, 0.2) is 0 Å². The number of nitrogens with zero attached hydrogens (tertiary/aromatic N) is 3. The molecule has 5 aromatic rings. The maximum absolute atomic E-state index is 9.67. The molecule has 1 unspecified atom stereocenters. The van der Waals surface area contributed by atoms with Gasteiger partial charge in [-0.3, -0.25) is 0 Å². The number of methoxy groups -OCH3 is 1. The number of aryl methyl sites for hydroxylation is 1. The number of pyridine rings is 1. The van der Waals surface area contributed by atoms with Gasteiger partial charge in [-0.1, -0.05) is 0 Å². The molecule has 36 heavy (non-hydrogen) atoms. The van der Waals surface area contributed by atoms with Gasteiger partial charge in [-0.05, 0) is 0 Å². The SMILES string of the molecule is COc1cccc(COc2ccc(Sc3ccc(O)cc3)c([AsH]c3ncnc4nc(C)ccc34)c2)c1. The van der Waals surface area contributed by atoms with E-state index in [9.17, 15) is 5.11 Å². The fourth-order valence-corrected chi connectivity index (χ4v) is 7.40. The topological polar surface area (TPSA) is 77.4 Å². The van der Waals surface area contributed by atoms with Crippen LogP contribution >= 0.6 is 11.8 Å². The minimum absolute atomic E-state index is 0.254. The summed E-state index contributed by atoms with van der Waals surface area (Å²) in [4.78, 5) is 15.8. The first-order valence-corrected chi connectivity index (χ1v) is 14.2. The monoisotopic (exact) mass is 557 g/mol. The van der Waals surface area contributed by atoms with Crippen LogP contribution in [0, 0.1) is 6.92 Å². The predicted octanol–water partition coefficient (Wildman–Crippen LogP) is 4.16. The van der Waals surface area contributed by atoms with Crippen LogP contribution in [0.4, 0.5) is 0 Å². The normalized spacial score (nSPS) is 11.3. The molecule has 2 aromatic heterocycles. The van der Waals surface area contributed by atoms with Crippen LogP contribution < -0.4 is 18.3 Å². The van der Waals surface area contributed by atoms with Gasteiger partial charge in [-0.25, -0.2) is 0 Å². The van der Waals surface area contributed by atoms with Crippen molar-refractivity contribution in [3.05, 3.63) is 96.4 Å². The van der Waals surface area contributed by atoms with Gasteiger partial charge in [0.25, 0.3) is 0 Å². The van der Waals surface area contributed by atoms with E-state index >= 15 is 0 Å². The molecule has 0 fully saturated rings. The molecule has 0 saturated heterocycles. The van der Waals surface area contributed by atoms with Gasteiger partial charge in [-0.2, -0.15) is 0 Å². The van der Waals surface area contributed by atoms with E-state index in [2.05, 4.69) is 33.2 Å². The summed E-state index contributed by atoms with van der Waals surface area (Å²) in [6.07, 6.45) is 1.60. The van der Waals surface area contributed by atoms with Crippen molar-refractivity contribution in [1.29, 1.82) is 0 Å². The van der Waals surface area contributed by atoms with E-state index in [1.165, 1.54) is 4.35 Å². The van der Waals surface area contributed by atoms with E-state index < -0.39 is 15.8 Å². The third-order valence-electron chi connectivity index (χ3n) is 5.44. The van der Waals surface area contributed by atoms with Crippen LogP contribution in [0.25, 0.3) is 11.0 Å². The quantitative estimate of drug-likeness (QED) is 0.287. The number of hydrogen-bond acceptors (Lipinski definition) is 7. The number of aromatic nitrogens is 3. The Kier molecular flexibility index (Phi) is 7.40. The van der Waals surface area contributed by atoms with Crippen molar-refractivity contribution in [1.82, 2.24) is 15.0 Å². The van der Waals surface area contributed by atoms with Gasteiger partial charge in [-0.15, -0.1) is 0 Å². The van der Waals surface area contributed by atoms with E-state index in [0.717, 1.165) is 48.1 Å². The first-order chi connectivity index (χ1) is 17.6. The van der Waals surface area contributed by atoms with Gasteiger partial charge in [0.2, 0.25) is 0 Å². The molecular weight excluding hydrogens is 533 g/mol. The number of phenolic OH excluding ortho intramolecular Hbond substituents is 1. The van der Waals surface area contributed by atoms with Crippen LogP contribution in [0.5, 0.6) is 17.2 Å². The molecule has 0 aliphatic carbocycles. The van der Waals surface area contributed by atoms with Crippen molar-refractivity contribution >= 4 is 47.4 Å². The second-order valence-corrected chi connectivity index (χ2v) is 11.8. The van der Waals surface area contributed by atoms with Gasteiger partial charge in [0.1, 0.15) is 0 Å². The van der Waals surface area contributed by atoms with Crippen molar-refractivity contribution in [3.63, 3.8) is 0 Å². The Hall–Kier alpha value is -3.54. The summed E-state index contributed by atoms with van der Waals surface area (Å²) in [7, 11) is 1.66. The van der Waals surface area contributed by atoms with Crippen molar-refractivity contribution in [2.75, 3.05) is 7.11 Å². The Morgan fingerprint density at radius 3 is 2.61 bits per heavy atom. The summed E-state index contributed by atoms with van der Waals surface area (Å²) in [5, 5.41) is 10.7. The standard InChI is InChI=1S/C28H24AsN3O3S/c1-18-6-12-24-27(30-17-31-28(24)32-18)29-25-15-22(35-16-19-4-3-5-21(14-19)34-2)9-13-26(25)36-23-10-7-20(33)8-11-23/h3-15,17,29,33H,16H2,1-2H3. The third-order valence-corrected chi connectivity index (χ3v) is 9.67. The van der Waals surface area contributed by atoms with Crippen LogP contribution in [0.3, 0.4) is 0 Å². The average Bonchev–Trinajstić information content (AvgIpc) is 2.90. The number of aromatic hydroxyl groups is 1. The number of fused-ring (bicyclic) bond motifs is 1. The Morgan fingerprint density at radius 1 is 0.917 bits per heavy atom. The van der Waals surface area contributed by atoms with E-state index in [1.54, 1.807) is 37.3 Å². The Bertz CT molecular complexity index is 1510. The summed E-state index contributed by atoms with van der Waals surface area (Å²) >= 11 is 0.833. The summed E-state index contributed by atoms with van der Waals surface area (Å²) in [6, 6.07) is 25.4. The fraction of sp³-hybridized carbons (Fsp3) is 0.107. The van der Waals surface area contributed by atoms with Crippen LogP contribution in [0.15, 0.2) is 95.0 Å². The molecule has 1 atom stereocenters. The predicted molar refractivity (Wildman–Crippen MR) is 144 cm³/mol. The van der Waals surface area contributed by atoms with Crippen LogP contribution in [0.2, 0.25) is 0 Å². The van der Waals surface area contributed by atoms with Gasteiger partial charge in [0.05, 0.1) is 0 Å². The number of ether oxygens (including phenoxy) is 2. The second-order valence-electron chi connectivity index (χ2n) is 8.07. The molecule has 0 aliphatic heterocycles. The van der Waals surface area contributed by atoms with Crippen LogP contribution in [-0.4, -0.2) is 42.9 Å². The van der Waals surface area contributed by atoms with E-state index in [-0.39, 0.29) is 5.75 Å². The Morgan fingerprint density at radius 2 is 1.78 bits per heavy atom. The first kappa shape index (κ1) is 24.2. The van der Waals surface area contributed by atoms with Crippen molar-refractivity contribution < 1.29 is 14.6 Å². The van der Waals surface area contributed by atoms with Gasteiger partial charge in [0, 0.05) is 0 Å². The number of phenols is 1. The second kappa shape index (κ2) is 11.0. The molecular formula is C28H24AsN3O3S. The molecule has 0 bridgehead atoms. The molecule has 8 heteroatoms. The zero-order chi connectivity index (χ0) is 24.9. The molecule has 180 valence electrons. The van der Waals surface area contributed by atoms with E-state index in [4.69, 9.17) is 9.47 Å². The molecule has 0 radical (unpaired) electrons. The zero-order valence-corrected chi connectivity index (χ0v) is 22.7. The summed E-state index contributed by atoms with van der Waals surface area (Å²) in [6.45, 7) is 2.41. The molecule has 6 nitrogen and oxygen atoms in total. The fourth-order valence-electron chi connectivity index (χ4n) is 3.62. The van der Waals surface area contributed by atoms with Crippen LogP contribution in [-0.2, 0) is 6.61 Å². The first-order valence-electron chi connectivity index (χ1n) is 11.3. The summed E-state index contributed by atoms with van der Waals surface area (Å²) in [5.74, 6) is 1.87. The van der Waals surface area contributed by atoms with E-state index in [1.807, 2.05) is 55.5 Å². The van der Waals surface area contributed by atoms with Gasteiger partial charge < -0.3 is 0 Å². The number of benzene rings is 3. The third kappa shape index (κ3) is 5.81. The molecule has 0 amide bonds. The van der Waals surface area contributed by atoms with Crippen molar-refractivity contribution in [2.24, 2.45) is 0 Å². The van der Waals surface area contributed by atoms with Crippen molar-refractivity contribution in [2.45, 2.75) is 23.3 Å². The Balaban J connectivity index is 1.46. The molecule has 2 heterocycles. The molecule has 5 rings (SSSR count). The molecule has 3 aromatic carbocycles. The molecule has 1 N–H and O–H groups in total. The summed E-state index contributed by atoms with van der Waals surface area (Å²) in [5.41, 5.74) is 2.70. The summed E-state index contributed by atoms with van der Waals surface area (Å²) < 4.78 is 13.7. The average molecular weight is 558 g/mol. The zero-order valence-electron chi connectivity index (χ0n) is 19.8. The molecule has 0 saturated carbocycles. The van der Waals surface area contributed by atoms with Crippen molar-refractivity contribution in [3.8, 4) is 17.2 Å². The maximum atomic E-state index is 9.67. The van der Waals surface area contributed by atoms with Gasteiger partial charge >= 0.3 is 221 Å². The molecule has 0 aliphatic rings. The van der Waals surface area contributed by atoms with E-state index in [0.29, 0.717) is 6.61 Å². The number of hydrogen-bond donors (Lipinski definition) is 1. The Labute approximate surface area is 220 Å². The molecule has 0 spiro atoms.